The number of hydrogen-bond donors (Lipinski definition) is 1. The Balaban J connectivity index is 1.95. The summed E-state index contributed by atoms with van der Waals surface area (Å²) in [6.45, 7) is 11.4. The van der Waals surface area contributed by atoms with Crippen LogP contribution >= 0.6 is 0 Å². The molecule has 1 saturated carbocycles. The van der Waals surface area contributed by atoms with Crippen LogP contribution in [0.2, 0.25) is 0 Å². The van der Waals surface area contributed by atoms with Crippen LogP contribution in [0, 0.1) is 11.3 Å². The van der Waals surface area contributed by atoms with Gasteiger partial charge in [0.15, 0.2) is 5.82 Å². The number of aromatic nitrogens is 3. The molecular formula is C20H29N3O2. The summed E-state index contributed by atoms with van der Waals surface area (Å²) in [5.41, 5.74) is 1.21. The maximum atomic E-state index is 10.2. The lowest BCUT2D eigenvalue weighted by Crippen LogP contribution is -2.11. The molecule has 0 spiro atoms. The van der Waals surface area contributed by atoms with Gasteiger partial charge in [-0.1, -0.05) is 27.7 Å². The molecule has 1 aliphatic rings. The summed E-state index contributed by atoms with van der Waals surface area (Å²) in [4.78, 5) is 4.71. The Morgan fingerprint density at radius 1 is 1.24 bits per heavy atom. The highest BCUT2D eigenvalue weighted by Gasteiger charge is 2.48. The third-order valence-corrected chi connectivity index (χ3v) is 4.96. The lowest BCUT2D eigenvalue weighted by Gasteiger charge is -2.18. The van der Waals surface area contributed by atoms with Crippen molar-refractivity contribution >= 4 is 0 Å². The Morgan fingerprint density at radius 2 is 1.92 bits per heavy atom. The Labute approximate surface area is 150 Å². The molecule has 1 aromatic heterocycles. The molecule has 0 bridgehead atoms. The van der Waals surface area contributed by atoms with Gasteiger partial charge < -0.3 is 9.84 Å². The molecule has 3 rings (SSSR count). The van der Waals surface area contributed by atoms with Gasteiger partial charge >= 0.3 is 0 Å². The molecule has 1 fully saturated rings. The zero-order valence-electron chi connectivity index (χ0n) is 15.9. The molecule has 25 heavy (non-hydrogen) atoms. The van der Waals surface area contributed by atoms with Crippen LogP contribution in [0.15, 0.2) is 24.3 Å². The van der Waals surface area contributed by atoms with E-state index in [1.807, 2.05) is 42.8 Å². The third kappa shape index (κ3) is 3.71. The molecule has 1 unspecified atom stereocenters. The summed E-state index contributed by atoms with van der Waals surface area (Å²) < 4.78 is 7.43. The van der Waals surface area contributed by atoms with Crippen LogP contribution in [0.25, 0.3) is 5.69 Å². The van der Waals surface area contributed by atoms with E-state index < -0.39 is 6.10 Å². The van der Waals surface area contributed by atoms with Gasteiger partial charge in [0, 0.05) is 5.92 Å². The van der Waals surface area contributed by atoms with Gasteiger partial charge in [0.2, 0.25) is 0 Å². The topological polar surface area (TPSA) is 60.2 Å². The number of nitrogens with zero attached hydrogens (tertiary/aromatic N) is 3. The van der Waals surface area contributed by atoms with Crippen LogP contribution in [0.4, 0.5) is 0 Å². The molecule has 0 amide bonds. The van der Waals surface area contributed by atoms with Crippen LogP contribution in [0.3, 0.4) is 0 Å². The summed E-state index contributed by atoms with van der Waals surface area (Å²) in [5.74, 6) is 3.33. The molecule has 1 aromatic carbocycles. The summed E-state index contributed by atoms with van der Waals surface area (Å²) in [6, 6.07) is 7.90. The molecule has 136 valence electrons. The van der Waals surface area contributed by atoms with Crippen molar-refractivity contribution in [2.75, 3.05) is 6.61 Å². The molecule has 2 aromatic rings. The molecule has 1 aliphatic carbocycles. The molecule has 5 nitrogen and oxygen atoms in total. The van der Waals surface area contributed by atoms with Crippen molar-refractivity contribution in [1.82, 2.24) is 14.8 Å². The largest absolute Gasteiger partial charge is 0.494 e. The first-order valence-electron chi connectivity index (χ1n) is 9.23. The van der Waals surface area contributed by atoms with Crippen molar-refractivity contribution in [3.63, 3.8) is 0 Å². The van der Waals surface area contributed by atoms with E-state index in [0.29, 0.717) is 30.7 Å². The van der Waals surface area contributed by atoms with Gasteiger partial charge in [-0.2, -0.15) is 0 Å². The van der Waals surface area contributed by atoms with Gasteiger partial charge in [-0.15, -0.1) is 5.10 Å². The van der Waals surface area contributed by atoms with Gasteiger partial charge in [-0.3, -0.25) is 0 Å². The van der Waals surface area contributed by atoms with Gasteiger partial charge in [0.05, 0.1) is 12.3 Å². The van der Waals surface area contributed by atoms with Crippen molar-refractivity contribution in [1.29, 1.82) is 0 Å². The second-order valence-electron chi connectivity index (χ2n) is 7.91. The first kappa shape index (κ1) is 17.9. The minimum absolute atomic E-state index is 0.254. The van der Waals surface area contributed by atoms with E-state index in [1.165, 1.54) is 0 Å². The fourth-order valence-electron chi connectivity index (χ4n) is 3.38. The van der Waals surface area contributed by atoms with E-state index >= 15 is 0 Å². The zero-order valence-corrected chi connectivity index (χ0v) is 15.9. The zero-order chi connectivity index (χ0) is 18.2. The van der Waals surface area contributed by atoms with E-state index in [2.05, 4.69) is 25.9 Å². The first-order chi connectivity index (χ1) is 11.8. The minimum atomic E-state index is -0.616. The second kappa shape index (κ2) is 6.79. The van der Waals surface area contributed by atoms with Gasteiger partial charge in [0.1, 0.15) is 17.7 Å². The number of hydrogen-bond acceptors (Lipinski definition) is 4. The Bertz CT molecular complexity index is 716. The fourth-order valence-corrected chi connectivity index (χ4v) is 3.38. The Kier molecular flexibility index (Phi) is 4.87. The maximum Gasteiger partial charge on any atom is 0.179 e. The van der Waals surface area contributed by atoms with Crippen LogP contribution in [-0.2, 0) is 0 Å². The number of aliphatic hydroxyl groups excluding tert-OH is 1. The highest BCUT2D eigenvalue weighted by Crippen LogP contribution is 2.56. The van der Waals surface area contributed by atoms with Crippen molar-refractivity contribution in [3.8, 4) is 11.4 Å². The normalized spacial score (nSPS) is 21.2. The molecule has 1 N–H and O–H groups in total. The maximum absolute atomic E-state index is 10.2. The third-order valence-electron chi connectivity index (χ3n) is 4.96. The predicted molar refractivity (Wildman–Crippen MR) is 98.1 cm³/mol. The molecule has 1 heterocycles. The molecular weight excluding hydrogens is 314 g/mol. The smallest absolute Gasteiger partial charge is 0.179 e. The van der Waals surface area contributed by atoms with E-state index in [4.69, 9.17) is 9.72 Å². The number of rotatable bonds is 6. The van der Waals surface area contributed by atoms with E-state index in [-0.39, 0.29) is 5.41 Å². The Hall–Kier alpha value is -1.88. The van der Waals surface area contributed by atoms with Crippen molar-refractivity contribution in [2.45, 2.75) is 59.5 Å². The lowest BCUT2D eigenvalue weighted by atomic mass is 9.89. The number of benzene rings is 1. The molecule has 0 radical (unpaired) electrons. The van der Waals surface area contributed by atoms with Crippen molar-refractivity contribution < 1.29 is 9.84 Å². The van der Waals surface area contributed by atoms with Crippen LogP contribution in [0.5, 0.6) is 5.75 Å². The molecule has 0 saturated heterocycles. The standard InChI is InChI=1S/C20H29N3O2/c1-6-17(24)18-21-19(15-12-16(15)20(3,4)5)23(22-18)13-8-10-14(11-9-13)25-7-2/h8-11,15-17,24H,6-7,12H2,1-5H3/t15-,16-,17?/m1/s1. The van der Waals surface area contributed by atoms with Gasteiger partial charge in [-0.25, -0.2) is 9.67 Å². The molecule has 0 aliphatic heterocycles. The summed E-state index contributed by atoms with van der Waals surface area (Å²) in [5, 5.41) is 14.8. The first-order valence-corrected chi connectivity index (χ1v) is 9.23. The van der Waals surface area contributed by atoms with Crippen LogP contribution in [-0.4, -0.2) is 26.5 Å². The van der Waals surface area contributed by atoms with E-state index in [1.54, 1.807) is 0 Å². The SMILES string of the molecule is CCOc1ccc(-n2nc(C(O)CC)nc2[C@@H]2C[C@H]2C(C)(C)C)cc1. The molecule has 3 atom stereocenters. The highest BCUT2D eigenvalue weighted by atomic mass is 16.5. The average Bonchev–Trinajstić information content (AvgIpc) is 3.28. The number of ether oxygens (including phenoxy) is 1. The fraction of sp³-hybridized carbons (Fsp3) is 0.600. The second-order valence-corrected chi connectivity index (χ2v) is 7.91. The summed E-state index contributed by atoms with van der Waals surface area (Å²) >= 11 is 0. The summed E-state index contributed by atoms with van der Waals surface area (Å²) in [6.07, 6.45) is 1.12. The lowest BCUT2D eigenvalue weighted by molar-refractivity contribution is 0.163. The monoisotopic (exact) mass is 343 g/mol. The number of aliphatic hydroxyl groups is 1. The van der Waals surface area contributed by atoms with Crippen molar-refractivity contribution in [2.24, 2.45) is 11.3 Å². The minimum Gasteiger partial charge on any atom is -0.494 e. The quantitative estimate of drug-likeness (QED) is 0.851. The predicted octanol–water partition coefficient (Wildman–Crippen LogP) is 4.26. The van der Waals surface area contributed by atoms with Crippen molar-refractivity contribution in [3.05, 3.63) is 35.9 Å². The van der Waals surface area contributed by atoms with Gasteiger partial charge in [-0.05, 0) is 55.4 Å². The van der Waals surface area contributed by atoms with Crippen LogP contribution < -0.4 is 4.74 Å². The average molecular weight is 343 g/mol. The van der Waals surface area contributed by atoms with E-state index in [0.717, 1.165) is 23.7 Å². The summed E-state index contributed by atoms with van der Waals surface area (Å²) in [7, 11) is 0. The van der Waals surface area contributed by atoms with Crippen LogP contribution in [0.1, 0.15) is 71.1 Å². The highest BCUT2D eigenvalue weighted by molar-refractivity contribution is 5.38. The molecule has 5 heteroatoms. The van der Waals surface area contributed by atoms with E-state index in [9.17, 15) is 5.11 Å². The Morgan fingerprint density at radius 3 is 2.44 bits per heavy atom. The van der Waals surface area contributed by atoms with Gasteiger partial charge in [0.25, 0.3) is 0 Å².